The molecular weight excluding hydrogens is 256 g/mol. The standard InChI is InChI=1S/C11H14N2O4S/c1-8(2)7-12-18(16,17)10-5-4-9(3)11(6-10)13(14)15/h4-6,12H,1,7H2,2-3H3. The molecule has 1 N–H and O–H groups in total. The first-order valence-corrected chi connectivity index (χ1v) is 6.61. The van der Waals surface area contributed by atoms with E-state index in [9.17, 15) is 18.5 Å². The van der Waals surface area contributed by atoms with E-state index in [2.05, 4.69) is 11.3 Å². The molecule has 0 aliphatic heterocycles. The predicted octanol–water partition coefficient (Wildman–Crippen LogP) is 1.76. The van der Waals surface area contributed by atoms with Gasteiger partial charge in [0.25, 0.3) is 5.69 Å². The molecule has 0 aliphatic carbocycles. The molecule has 0 saturated heterocycles. The van der Waals surface area contributed by atoms with Gasteiger partial charge in [0, 0.05) is 18.2 Å². The van der Waals surface area contributed by atoms with Crippen LogP contribution in [0.4, 0.5) is 5.69 Å². The SMILES string of the molecule is C=C(C)CNS(=O)(=O)c1ccc(C)c([N+](=O)[O-])c1. The van der Waals surface area contributed by atoms with Crippen molar-refractivity contribution in [2.75, 3.05) is 6.54 Å². The zero-order valence-corrected chi connectivity index (χ0v) is 11.0. The Balaban J connectivity index is 3.14. The Morgan fingerprint density at radius 2 is 2.11 bits per heavy atom. The Hall–Kier alpha value is -1.73. The number of nitro groups is 1. The number of hydrogen-bond acceptors (Lipinski definition) is 4. The molecule has 0 aromatic heterocycles. The van der Waals surface area contributed by atoms with Crippen molar-refractivity contribution in [3.8, 4) is 0 Å². The van der Waals surface area contributed by atoms with Crippen LogP contribution in [0.25, 0.3) is 0 Å². The Morgan fingerprint density at radius 3 is 2.61 bits per heavy atom. The number of rotatable bonds is 5. The molecule has 0 spiro atoms. The third-order valence-electron chi connectivity index (χ3n) is 2.25. The minimum Gasteiger partial charge on any atom is -0.258 e. The summed E-state index contributed by atoms with van der Waals surface area (Å²) < 4.78 is 26.0. The lowest BCUT2D eigenvalue weighted by Gasteiger charge is -2.07. The maximum atomic E-state index is 11.8. The van der Waals surface area contributed by atoms with Crippen molar-refractivity contribution in [3.05, 3.63) is 46.0 Å². The van der Waals surface area contributed by atoms with Gasteiger partial charge in [0.2, 0.25) is 10.0 Å². The Morgan fingerprint density at radius 1 is 1.50 bits per heavy atom. The molecule has 0 heterocycles. The van der Waals surface area contributed by atoms with Crippen LogP contribution in [0, 0.1) is 17.0 Å². The molecule has 1 aromatic rings. The molecule has 0 aliphatic rings. The molecule has 98 valence electrons. The van der Waals surface area contributed by atoms with Gasteiger partial charge in [0.15, 0.2) is 0 Å². The molecule has 0 amide bonds. The largest absolute Gasteiger partial charge is 0.273 e. The maximum absolute atomic E-state index is 11.8. The second-order valence-corrected chi connectivity index (χ2v) is 5.75. The number of nitro benzene ring substituents is 1. The summed E-state index contributed by atoms with van der Waals surface area (Å²) in [7, 11) is -3.74. The van der Waals surface area contributed by atoms with Crippen molar-refractivity contribution in [2.24, 2.45) is 0 Å². The highest BCUT2D eigenvalue weighted by atomic mass is 32.2. The maximum Gasteiger partial charge on any atom is 0.273 e. The smallest absolute Gasteiger partial charge is 0.258 e. The highest BCUT2D eigenvalue weighted by Gasteiger charge is 2.19. The first-order chi connectivity index (χ1) is 8.24. The van der Waals surface area contributed by atoms with Crippen LogP contribution >= 0.6 is 0 Å². The third kappa shape index (κ3) is 3.38. The van der Waals surface area contributed by atoms with Crippen LogP contribution in [0.1, 0.15) is 12.5 Å². The third-order valence-corrected chi connectivity index (χ3v) is 3.65. The molecule has 1 aromatic carbocycles. The van der Waals surface area contributed by atoms with E-state index in [1.165, 1.54) is 12.1 Å². The molecule has 0 radical (unpaired) electrons. The van der Waals surface area contributed by atoms with Gasteiger partial charge >= 0.3 is 0 Å². The van der Waals surface area contributed by atoms with E-state index in [4.69, 9.17) is 0 Å². The van der Waals surface area contributed by atoms with Crippen LogP contribution in [-0.2, 0) is 10.0 Å². The number of sulfonamides is 1. The van der Waals surface area contributed by atoms with Gasteiger partial charge in [-0.3, -0.25) is 10.1 Å². The number of aryl methyl sites for hydroxylation is 1. The highest BCUT2D eigenvalue weighted by Crippen LogP contribution is 2.21. The van der Waals surface area contributed by atoms with Crippen molar-refractivity contribution < 1.29 is 13.3 Å². The fraction of sp³-hybridized carbons (Fsp3) is 0.273. The van der Waals surface area contributed by atoms with E-state index in [1.807, 2.05) is 0 Å². The van der Waals surface area contributed by atoms with Crippen LogP contribution in [0.3, 0.4) is 0 Å². The minimum atomic E-state index is -3.74. The van der Waals surface area contributed by atoms with Crippen molar-refractivity contribution in [3.63, 3.8) is 0 Å². The van der Waals surface area contributed by atoms with Crippen LogP contribution in [-0.4, -0.2) is 19.9 Å². The quantitative estimate of drug-likeness (QED) is 0.501. The van der Waals surface area contributed by atoms with E-state index in [0.717, 1.165) is 6.07 Å². The first kappa shape index (κ1) is 14.3. The average Bonchev–Trinajstić information content (AvgIpc) is 2.26. The second kappa shape index (κ2) is 5.28. The van der Waals surface area contributed by atoms with Crippen LogP contribution < -0.4 is 4.72 Å². The molecule has 1 rings (SSSR count). The highest BCUT2D eigenvalue weighted by molar-refractivity contribution is 7.89. The minimum absolute atomic E-state index is 0.101. The topological polar surface area (TPSA) is 89.3 Å². The predicted molar refractivity (Wildman–Crippen MR) is 67.8 cm³/mol. The summed E-state index contributed by atoms with van der Waals surface area (Å²) in [5.41, 5.74) is 0.854. The lowest BCUT2D eigenvalue weighted by atomic mass is 10.2. The molecule has 0 bridgehead atoms. The van der Waals surface area contributed by atoms with Crippen molar-refractivity contribution >= 4 is 15.7 Å². The summed E-state index contributed by atoms with van der Waals surface area (Å²) in [6.07, 6.45) is 0. The molecule has 7 heteroatoms. The fourth-order valence-corrected chi connectivity index (χ4v) is 2.37. The van der Waals surface area contributed by atoms with Crippen LogP contribution in [0.5, 0.6) is 0 Å². The fourth-order valence-electron chi connectivity index (χ4n) is 1.25. The number of hydrogen-bond donors (Lipinski definition) is 1. The summed E-state index contributed by atoms with van der Waals surface area (Å²) in [5.74, 6) is 0. The zero-order valence-electron chi connectivity index (χ0n) is 10.1. The zero-order chi connectivity index (χ0) is 13.9. The number of benzene rings is 1. The molecule has 0 atom stereocenters. The number of nitrogens with zero attached hydrogens (tertiary/aromatic N) is 1. The van der Waals surface area contributed by atoms with E-state index < -0.39 is 14.9 Å². The molecule has 0 fully saturated rings. The monoisotopic (exact) mass is 270 g/mol. The van der Waals surface area contributed by atoms with Gasteiger partial charge in [-0.25, -0.2) is 13.1 Å². The summed E-state index contributed by atoms with van der Waals surface area (Å²) in [5, 5.41) is 10.7. The first-order valence-electron chi connectivity index (χ1n) is 5.13. The van der Waals surface area contributed by atoms with Gasteiger partial charge in [0.1, 0.15) is 0 Å². The van der Waals surface area contributed by atoms with Crippen LogP contribution in [0.15, 0.2) is 35.2 Å². The van der Waals surface area contributed by atoms with Crippen LogP contribution in [0.2, 0.25) is 0 Å². The van der Waals surface area contributed by atoms with E-state index >= 15 is 0 Å². The summed E-state index contributed by atoms with van der Waals surface area (Å²) in [6, 6.07) is 3.80. The normalized spacial score (nSPS) is 11.2. The lowest BCUT2D eigenvalue weighted by Crippen LogP contribution is -2.25. The molecule has 18 heavy (non-hydrogen) atoms. The van der Waals surface area contributed by atoms with E-state index in [0.29, 0.717) is 11.1 Å². The van der Waals surface area contributed by atoms with Crippen molar-refractivity contribution in [2.45, 2.75) is 18.7 Å². The lowest BCUT2D eigenvalue weighted by molar-refractivity contribution is -0.385. The molecular formula is C11H14N2O4S. The van der Waals surface area contributed by atoms with Gasteiger partial charge in [-0.05, 0) is 19.9 Å². The van der Waals surface area contributed by atoms with Crippen molar-refractivity contribution in [1.82, 2.24) is 4.72 Å². The average molecular weight is 270 g/mol. The number of nitrogens with one attached hydrogen (secondary N) is 1. The second-order valence-electron chi connectivity index (χ2n) is 3.99. The van der Waals surface area contributed by atoms with Gasteiger partial charge in [-0.2, -0.15) is 0 Å². The van der Waals surface area contributed by atoms with Gasteiger partial charge < -0.3 is 0 Å². The van der Waals surface area contributed by atoms with E-state index in [-0.39, 0.29) is 17.1 Å². The Bertz CT molecular complexity index is 593. The van der Waals surface area contributed by atoms with Gasteiger partial charge in [-0.15, -0.1) is 0 Å². The van der Waals surface area contributed by atoms with Gasteiger partial charge in [-0.1, -0.05) is 18.2 Å². The van der Waals surface area contributed by atoms with Crippen molar-refractivity contribution in [1.29, 1.82) is 0 Å². The molecule has 0 unspecified atom stereocenters. The summed E-state index contributed by atoms with van der Waals surface area (Å²) >= 11 is 0. The Labute approximate surface area is 106 Å². The molecule has 6 nitrogen and oxygen atoms in total. The summed E-state index contributed by atoms with van der Waals surface area (Å²) in [6.45, 7) is 6.91. The summed E-state index contributed by atoms with van der Waals surface area (Å²) in [4.78, 5) is 10.0. The van der Waals surface area contributed by atoms with E-state index in [1.54, 1.807) is 13.8 Å². The molecule has 0 saturated carbocycles. The Kier molecular flexibility index (Phi) is 4.20. The van der Waals surface area contributed by atoms with Gasteiger partial charge in [0.05, 0.1) is 9.82 Å².